The van der Waals surface area contributed by atoms with Crippen molar-refractivity contribution in [3.63, 3.8) is 0 Å². The van der Waals surface area contributed by atoms with E-state index in [4.69, 9.17) is 0 Å². The number of nitrogens with zero attached hydrogens (tertiary/aromatic N) is 2. The molecule has 0 saturated heterocycles. The van der Waals surface area contributed by atoms with Crippen LogP contribution in [0, 0.1) is 5.92 Å². The van der Waals surface area contributed by atoms with Gasteiger partial charge in [-0.3, -0.25) is 9.59 Å². The first-order chi connectivity index (χ1) is 12.9. The third-order valence-corrected chi connectivity index (χ3v) is 3.80. The number of anilines is 1. The van der Waals surface area contributed by atoms with Crippen LogP contribution in [0.5, 0.6) is 0 Å². The number of carbonyl (C=O) groups is 2. The summed E-state index contributed by atoms with van der Waals surface area (Å²) in [5.41, 5.74) is 2.42. The number of hydrogen-bond acceptors (Lipinski definition) is 4. The van der Waals surface area contributed by atoms with Crippen molar-refractivity contribution < 1.29 is 9.59 Å². The molecular formula is C21H24N4O2. The van der Waals surface area contributed by atoms with Crippen LogP contribution in [0.2, 0.25) is 0 Å². The van der Waals surface area contributed by atoms with Crippen molar-refractivity contribution >= 4 is 28.9 Å². The molecule has 140 valence electrons. The maximum absolute atomic E-state index is 12.5. The first kappa shape index (κ1) is 20.0. The molecule has 27 heavy (non-hydrogen) atoms. The summed E-state index contributed by atoms with van der Waals surface area (Å²) in [4.78, 5) is 24.3. The molecule has 0 aliphatic heterocycles. The number of carbonyl (C=O) groups excluding carboxylic acids is 2. The van der Waals surface area contributed by atoms with Crippen molar-refractivity contribution in [1.82, 2.24) is 5.32 Å². The van der Waals surface area contributed by atoms with E-state index >= 15 is 0 Å². The van der Waals surface area contributed by atoms with E-state index in [1.54, 1.807) is 31.2 Å². The van der Waals surface area contributed by atoms with Crippen molar-refractivity contribution in [2.45, 2.75) is 26.8 Å². The van der Waals surface area contributed by atoms with Crippen molar-refractivity contribution in [1.29, 1.82) is 0 Å². The summed E-state index contributed by atoms with van der Waals surface area (Å²) in [6.45, 7) is 8.94. The number of hydrogen-bond donors (Lipinski definition) is 2. The van der Waals surface area contributed by atoms with E-state index in [0.717, 1.165) is 5.69 Å². The van der Waals surface area contributed by atoms with E-state index in [-0.39, 0.29) is 17.7 Å². The fraction of sp³-hybridized carbons (Fsp3) is 0.238. The molecule has 0 aliphatic carbocycles. The molecule has 0 heterocycles. The van der Waals surface area contributed by atoms with Crippen molar-refractivity contribution in [2.75, 3.05) is 5.32 Å². The minimum absolute atomic E-state index is 0.0627. The maximum Gasteiger partial charge on any atom is 0.247 e. The smallest absolute Gasteiger partial charge is 0.247 e. The summed E-state index contributed by atoms with van der Waals surface area (Å²) in [5.74, 6) is -0.675. The van der Waals surface area contributed by atoms with E-state index in [9.17, 15) is 9.59 Å². The quantitative estimate of drug-likeness (QED) is 0.548. The summed E-state index contributed by atoms with van der Waals surface area (Å²) in [5, 5.41) is 13.8. The minimum Gasteiger partial charge on any atom is -0.340 e. The second-order valence-electron chi connectivity index (χ2n) is 6.55. The van der Waals surface area contributed by atoms with Gasteiger partial charge in [-0.05, 0) is 49.2 Å². The number of benzene rings is 2. The molecule has 0 radical (unpaired) electrons. The normalized spacial score (nSPS) is 12.0. The zero-order valence-corrected chi connectivity index (χ0v) is 15.8. The average molecular weight is 364 g/mol. The highest BCUT2D eigenvalue weighted by atomic mass is 16.2. The van der Waals surface area contributed by atoms with Gasteiger partial charge >= 0.3 is 0 Å². The molecule has 0 aliphatic rings. The molecule has 2 amide bonds. The van der Waals surface area contributed by atoms with Crippen molar-refractivity contribution in [3.8, 4) is 0 Å². The standard InChI is InChI=1S/C21H24N4O2/c1-14(2)19(23-20(26)15(3)4)21(27)22-16-10-12-18(13-11-16)25-24-17-8-6-5-7-9-17/h5-14,19H,3H2,1-2,4H3,(H,22,27)(H,23,26). The van der Waals surface area contributed by atoms with E-state index in [2.05, 4.69) is 27.4 Å². The molecule has 2 rings (SSSR count). The summed E-state index contributed by atoms with van der Waals surface area (Å²) in [6, 6.07) is 15.8. The second kappa shape index (κ2) is 9.43. The Hall–Kier alpha value is -3.28. The van der Waals surface area contributed by atoms with Gasteiger partial charge in [-0.25, -0.2) is 0 Å². The van der Waals surface area contributed by atoms with Gasteiger partial charge in [-0.15, -0.1) is 0 Å². The lowest BCUT2D eigenvalue weighted by atomic mass is 10.0. The Balaban J connectivity index is 2.01. The summed E-state index contributed by atoms with van der Waals surface area (Å²) in [7, 11) is 0. The van der Waals surface area contributed by atoms with Gasteiger partial charge in [0.1, 0.15) is 6.04 Å². The van der Waals surface area contributed by atoms with Crippen LogP contribution < -0.4 is 10.6 Å². The number of nitrogens with one attached hydrogen (secondary N) is 2. The summed E-state index contributed by atoms with van der Waals surface area (Å²) < 4.78 is 0. The van der Waals surface area contributed by atoms with Gasteiger partial charge in [0, 0.05) is 11.3 Å². The molecule has 0 fully saturated rings. The van der Waals surface area contributed by atoms with Crippen LogP contribution in [0.4, 0.5) is 17.1 Å². The third-order valence-electron chi connectivity index (χ3n) is 3.80. The SMILES string of the molecule is C=C(C)C(=O)NC(C(=O)Nc1ccc(N=Nc2ccccc2)cc1)C(C)C. The summed E-state index contributed by atoms with van der Waals surface area (Å²) in [6.07, 6.45) is 0. The van der Waals surface area contributed by atoms with Crippen LogP contribution >= 0.6 is 0 Å². The van der Waals surface area contributed by atoms with Crippen LogP contribution in [-0.4, -0.2) is 17.9 Å². The molecule has 2 aromatic carbocycles. The highest BCUT2D eigenvalue weighted by molar-refractivity contribution is 6.00. The van der Waals surface area contributed by atoms with Gasteiger partial charge in [0.25, 0.3) is 0 Å². The molecule has 6 nitrogen and oxygen atoms in total. The Morgan fingerprint density at radius 3 is 2.00 bits per heavy atom. The van der Waals surface area contributed by atoms with E-state index in [0.29, 0.717) is 16.9 Å². The lowest BCUT2D eigenvalue weighted by Crippen LogP contribution is -2.47. The molecule has 1 unspecified atom stereocenters. The number of amides is 2. The molecule has 6 heteroatoms. The number of azo groups is 1. The molecule has 1 atom stereocenters. The van der Waals surface area contributed by atoms with Crippen LogP contribution in [0.3, 0.4) is 0 Å². The van der Waals surface area contributed by atoms with Gasteiger partial charge in [0.2, 0.25) is 11.8 Å². The predicted octanol–water partition coefficient (Wildman–Crippen LogP) is 4.76. The lowest BCUT2D eigenvalue weighted by molar-refractivity contribution is -0.125. The highest BCUT2D eigenvalue weighted by Crippen LogP contribution is 2.20. The van der Waals surface area contributed by atoms with Gasteiger partial charge < -0.3 is 10.6 Å². The Bertz CT molecular complexity index is 827. The zero-order valence-electron chi connectivity index (χ0n) is 15.8. The Morgan fingerprint density at radius 2 is 1.48 bits per heavy atom. The van der Waals surface area contributed by atoms with Crippen molar-refractivity contribution in [3.05, 3.63) is 66.7 Å². The second-order valence-corrected chi connectivity index (χ2v) is 6.55. The van der Waals surface area contributed by atoms with Crippen LogP contribution in [0.1, 0.15) is 20.8 Å². The van der Waals surface area contributed by atoms with Gasteiger partial charge in [-0.2, -0.15) is 10.2 Å². The fourth-order valence-electron chi connectivity index (χ4n) is 2.24. The minimum atomic E-state index is -0.647. The monoisotopic (exact) mass is 364 g/mol. The molecule has 2 N–H and O–H groups in total. The summed E-state index contributed by atoms with van der Waals surface area (Å²) >= 11 is 0. The van der Waals surface area contributed by atoms with Crippen LogP contribution in [0.15, 0.2) is 77.0 Å². The van der Waals surface area contributed by atoms with Gasteiger partial charge in [0.05, 0.1) is 11.4 Å². The number of rotatable bonds is 7. The molecule has 0 bridgehead atoms. The van der Waals surface area contributed by atoms with E-state index in [1.807, 2.05) is 44.2 Å². The zero-order chi connectivity index (χ0) is 19.8. The third kappa shape index (κ3) is 6.18. The van der Waals surface area contributed by atoms with Gasteiger partial charge in [-0.1, -0.05) is 38.6 Å². The molecule has 0 spiro atoms. The Labute approximate surface area is 159 Å². The largest absolute Gasteiger partial charge is 0.340 e. The van der Waals surface area contributed by atoms with E-state index in [1.165, 1.54) is 0 Å². The molecule has 2 aromatic rings. The fourth-order valence-corrected chi connectivity index (χ4v) is 2.24. The lowest BCUT2D eigenvalue weighted by Gasteiger charge is -2.21. The molecule has 0 aromatic heterocycles. The van der Waals surface area contributed by atoms with Crippen LogP contribution in [-0.2, 0) is 9.59 Å². The average Bonchev–Trinajstić information content (AvgIpc) is 2.65. The van der Waals surface area contributed by atoms with Gasteiger partial charge in [0.15, 0.2) is 0 Å². The van der Waals surface area contributed by atoms with Crippen molar-refractivity contribution in [2.24, 2.45) is 16.1 Å². The Morgan fingerprint density at radius 1 is 0.926 bits per heavy atom. The Kier molecular flexibility index (Phi) is 7.00. The first-order valence-electron chi connectivity index (χ1n) is 8.71. The topological polar surface area (TPSA) is 82.9 Å². The van der Waals surface area contributed by atoms with E-state index < -0.39 is 6.04 Å². The highest BCUT2D eigenvalue weighted by Gasteiger charge is 2.24. The maximum atomic E-state index is 12.5. The molecule has 0 saturated carbocycles. The van der Waals surface area contributed by atoms with Crippen LogP contribution in [0.25, 0.3) is 0 Å². The predicted molar refractivity (Wildman–Crippen MR) is 107 cm³/mol. The molecular weight excluding hydrogens is 340 g/mol. The first-order valence-corrected chi connectivity index (χ1v) is 8.71.